The molecule has 3 N–H and O–H groups in total. The molecule has 4 heteroatoms. The summed E-state index contributed by atoms with van der Waals surface area (Å²) in [5, 5.41) is 18.1. The Morgan fingerprint density at radius 3 is 2.73 bits per heavy atom. The van der Waals surface area contributed by atoms with Gasteiger partial charge in [0.2, 0.25) is 0 Å². The van der Waals surface area contributed by atoms with E-state index in [1.807, 2.05) is 0 Å². The van der Waals surface area contributed by atoms with Crippen LogP contribution in [-0.2, 0) is 4.84 Å². The highest BCUT2D eigenvalue weighted by Crippen LogP contribution is 2.26. The number of anilines is 1. The minimum Gasteiger partial charge on any atom is -0.508 e. The van der Waals surface area contributed by atoms with Crippen LogP contribution >= 0.6 is 0 Å². The number of phenolic OH excluding ortho intramolecular Hbond substituents is 2. The lowest BCUT2D eigenvalue weighted by molar-refractivity contribution is 0.268. The van der Waals surface area contributed by atoms with E-state index in [0.717, 1.165) is 0 Å². The average Bonchev–Trinajstić information content (AvgIpc) is 1.98. The van der Waals surface area contributed by atoms with Crippen LogP contribution in [0.2, 0.25) is 0 Å². The van der Waals surface area contributed by atoms with Gasteiger partial charge in [0.1, 0.15) is 17.2 Å². The number of hydrogen-bond donors (Lipinski definition) is 3. The highest BCUT2D eigenvalue weighted by molar-refractivity contribution is 5.57. The quantitative estimate of drug-likeness (QED) is 0.339. The first-order chi connectivity index (χ1) is 5.24. The minimum atomic E-state index is 0.0321. The van der Waals surface area contributed by atoms with Crippen LogP contribution in [0.5, 0.6) is 11.5 Å². The van der Waals surface area contributed by atoms with Crippen molar-refractivity contribution >= 4 is 5.69 Å². The van der Waals surface area contributed by atoms with Gasteiger partial charge < -0.3 is 10.2 Å². The number of benzene rings is 1. The van der Waals surface area contributed by atoms with E-state index in [1.165, 1.54) is 25.3 Å². The van der Waals surface area contributed by atoms with Crippen molar-refractivity contribution in [2.45, 2.75) is 0 Å². The SMILES string of the molecule is CONc1cc(O)ccc1O. The summed E-state index contributed by atoms with van der Waals surface area (Å²) >= 11 is 0. The molecule has 1 aromatic rings. The molecule has 0 unspecified atom stereocenters. The Morgan fingerprint density at radius 2 is 2.09 bits per heavy atom. The van der Waals surface area contributed by atoms with Crippen molar-refractivity contribution in [2.24, 2.45) is 0 Å². The largest absolute Gasteiger partial charge is 0.508 e. The van der Waals surface area contributed by atoms with Crippen molar-refractivity contribution in [2.75, 3.05) is 12.6 Å². The van der Waals surface area contributed by atoms with Crippen molar-refractivity contribution in [3.05, 3.63) is 18.2 Å². The van der Waals surface area contributed by atoms with Gasteiger partial charge in [0.15, 0.2) is 0 Å². The maximum absolute atomic E-state index is 9.11. The molecule has 0 saturated heterocycles. The van der Waals surface area contributed by atoms with Crippen LogP contribution in [0.1, 0.15) is 0 Å². The van der Waals surface area contributed by atoms with Crippen molar-refractivity contribution < 1.29 is 15.1 Å². The minimum absolute atomic E-state index is 0.0321. The Bertz CT molecular complexity index is 249. The Hall–Kier alpha value is -1.42. The fourth-order valence-corrected chi connectivity index (χ4v) is 0.716. The summed E-state index contributed by atoms with van der Waals surface area (Å²) in [4.78, 5) is 4.54. The molecule has 0 radical (unpaired) electrons. The number of rotatable bonds is 2. The molecule has 0 fully saturated rings. The average molecular weight is 155 g/mol. The second-order valence-electron chi connectivity index (χ2n) is 2.01. The molecule has 0 atom stereocenters. The van der Waals surface area contributed by atoms with E-state index in [2.05, 4.69) is 10.3 Å². The highest BCUT2D eigenvalue weighted by Gasteiger charge is 1.99. The van der Waals surface area contributed by atoms with Gasteiger partial charge in [-0.1, -0.05) is 0 Å². The molecule has 0 aliphatic rings. The first kappa shape index (κ1) is 7.68. The van der Waals surface area contributed by atoms with Crippen molar-refractivity contribution in [3.63, 3.8) is 0 Å². The maximum atomic E-state index is 9.11. The number of phenols is 2. The summed E-state index contributed by atoms with van der Waals surface area (Å²) in [6, 6.07) is 4.12. The molecule has 0 saturated carbocycles. The van der Waals surface area contributed by atoms with Gasteiger partial charge >= 0.3 is 0 Å². The molecule has 0 bridgehead atoms. The summed E-state index contributed by atoms with van der Waals surface area (Å²) in [7, 11) is 1.42. The fourth-order valence-electron chi connectivity index (χ4n) is 0.716. The zero-order valence-corrected chi connectivity index (χ0v) is 6.03. The Labute approximate surface area is 64.0 Å². The van der Waals surface area contributed by atoms with Gasteiger partial charge in [-0.05, 0) is 12.1 Å². The predicted octanol–water partition coefficient (Wildman–Crippen LogP) is 1.07. The number of nitrogens with one attached hydrogen (secondary N) is 1. The molecule has 1 rings (SSSR count). The van der Waals surface area contributed by atoms with Gasteiger partial charge in [-0.25, -0.2) is 0 Å². The van der Waals surface area contributed by atoms with Gasteiger partial charge in [-0.3, -0.25) is 10.3 Å². The molecular weight excluding hydrogens is 146 g/mol. The standard InChI is InChI=1S/C7H9NO3/c1-11-8-6-4-5(9)2-3-7(6)10/h2-4,8-10H,1H3. The van der Waals surface area contributed by atoms with Crippen molar-refractivity contribution in [3.8, 4) is 11.5 Å². The second-order valence-corrected chi connectivity index (χ2v) is 2.01. The third kappa shape index (κ3) is 1.75. The summed E-state index contributed by atoms with van der Waals surface area (Å²) in [5.74, 6) is 0.104. The third-order valence-corrected chi connectivity index (χ3v) is 1.19. The van der Waals surface area contributed by atoms with Crippen molar-refractivity contribution in [1.82, 2.24) is 0 Å². The van der Waals surface area contributed by atoms with Gasteiger partial charge in [0.25, 0.3) is 0 Å². The van der Waals surface area contributed by atoms with Crippen LogP contribution in [0.4, 0.5) is 5.69 Å². The summed E-state index contributed by atoms with van der Waals surface area (Å²) in [5.41, 5.74) is 2.75. The molecule has 1 aromatic carbocycles. The Balaban J connectivity index is 2.93. The highest BCUT2D eigenvalue weighted by atomic mass is 16.6. The molecule has 60 valence electrons. The molecule has 0 aromatic heterocycles. The first-order valence-corrected chi connectivity index (χ1v) is 3.05. The Morgan fingerprint density at radius 1 is 1.36 bits per heavy atom. The van der Waals surface area contributed by atoms with Gasteiger partial charge in [0.05, 0.1) is 7.11 Å². The zero-order valence-electron chi connectivity index (χ0n) is 6.03. The summed E-state index contributed by atoms with van der Waals surface area (Å²) in [6.45, 7) is 0. The fraction of sp³-hybridized carbons (Fsp3) is 0.143. The monoisotopic (exact) mass is 155 g/mol. The van der Waals surface area contributed by atoms with Crippen LogP contribution in [0.25, 0.3) is 0 Å². The topological polar surface area (TPSA) is 61.7 Å². The smallest absolute Gasteiger partial charge is 0.141 e. The number of aromatic hydroxyl groups is 2. The van der Waals surface area contributed by atoms with Crippen LogP contribution in [0, 0.1) is 0 Å². The van der Waals surface area contributed by atoms with Crippen LogP contribution in [0.15, 0.2) is 18.2 Å². The molecule has 0 aliphatic carbocycles. The van der Waals surface area contributed by atoms with Crippen LogP contribution < -0.4 is 5.48 Å². The molecule has 0 heterocycles. The van der Waals surface area contributed by atoms with Gasteiger partial charge in [-0.15, -0.1) is 0 Å². The first-order valence-electron chi connectivity index (χ1n) is 3.05. The van der Waals surface area contributed by atoms with E-state index in [9.17, 15) is 0 Å². The summed E-state index contributed by atoms with van der Waals surface area (Å²) in [6.07, 6.45) is 0. The van der Waals surface area contributed by atoms with Gasteiger partial charge in [0, 0.05) is 6.07 Å². The third-order valence-electron chi connectivity index (χ3n) is 1.19. The lowest BCUT2D eigenvalue weighted by atomic mass is 10.3. The maximum Gasteiger partial charge on any atom is 0.141 e. The van der Waals surface area contributed by atoms with Crippen molar-refractivity contribution in [1.29, 1.82) is 0 Å². The molecular formula is C7H9NO3. The second kappa shape index (κ2) is 3.12. The van der Waals surface area contributed by atoms with E-state index >= 15 is 0 Å². The lowest BCUT2D eigenvalue weighted by Crippen LogP contribution is -1.94. The molecule has 11 heavy (non-hydrogen) atoms. The molecule has 0 spiro atoms. The van der Waals surface area contributed by atoms with Crippen LogP contribution in [-0.4, -0.2) is 17.3 Å². The Kier molecular flexibility index (Phi) is 2.18. The molecule has 4 nitrogen and oxygen atoms in total. The van der Waals surface area contributed by atoms with Crippen LogP contribution in [0.3, 0.4) is 0 Å². The lowest BCUT2D eigenvalue weighted by Gasteiger charge is -2.04. The van der Waals surface area contributed by atoms with Gasteiger partial charge in [-0.2, -0.15) is 0 Å². The zero-order chi connectivity index (χ0) is 8.27. The van der Waals surface area contributed by atoms with E-state index in [1.54, 1.807) is 0 Å². The van der Waals surface area contributed by atoms with E-state index < -0.39 is 0 Å². The van der Waals surface area contributed by atoms with E-state index in [0.29, 0.717) is 5.69 Å². The number of hydrogen-bond acceptors (Lipinski definition) is 4. The normalized spacial score (nSPS) is 9.55. The van der Waals surface area contributed by atoms with E-state index in [4.69, 9.17) is 10.2 Å². The van der Waals surface area contributed by atoms with E-state index in [-0.39, 0.29) is 11.5 Å². The predicted molar refractivity (Wildman–Crippen MR) is 40.4 cm³/mol. The molecule has 0 amide bonds. The molecule has 0 aliphatic heterocycles. The summed E-state index contributed by atoms with van der Waals surface area (Å²) < 4.78 is 0.